The Morgan fingerprint density at radius 3 is 1.30 bits per heavy atom. The Bertz CT molecular complexity index is 63.7. The molecule has 1 radical (unpaired) electrons. The molecule has 0 rings (SSSR count). The summed E-state index contributed by atoms with van der Waals surface area (Å²) in [5, 5.41) is 0. The van der Waals surface area contributed by atoms with Crippen molar-refractivity contribution in [1.29, 1.82) is 0 Å². The summed E-state index contributed by atoms with van der Waals surface area (Å²) in [5.74, 6) is 0. The van der Waals surface area contributed by atoms with Crippen LogP contribution in [-0.2, 0) is 0 Å². The summed E-state index contributed by atoms with van der Waals surface area (Å²) < 4.78 is 0. The van der Waals surface area contributed by atoms with E-state index in [0.29, 0.717) is 12.1 Å². The van der Waals surface area contributed by atoms with Crippen molar-refractivity contribution in [2.45, 2.75) is 46.7 Å². The van der Waals surface area contributed by atoms with Crippen molar-refractivity contribution in [3.05, 3.63) is 6.54 Å². The van der Waals surface area contributed by atoms with Gasteiger partial charge in [-0.15, -0.1) is 0 Å². The van der Waals surface area contributed by atoms with Crippen LogP contribution >= 0.6 is 0 Å². The molecular formula is C8H18LaN-. The summed E-state index contributed by atoms with van der Waals surface area (Å²) >= 11 is 0. The Hall–Kier alpha value is 1.15. The molecule has 0 heterocycles. The van der Waals surface area contributed by atoms with E-state index in [1.54, 1.807) is 0 Å². The first kappa shape index (κ1) is 13.7. The quantitative estimate of drug-likeness (QED) is 0.709. The van der Waals surface area contributed by atoms with Crippen LogP contribution in [0.25, 0.3) is 0 Å². The third-order valence-corrected chi connectivity index (χ3v) is 1.49. The second-order valence-corrected chi connectivity index (χ2v) is 2.89. The standard InChI is InChI=1S/C8H18N.La/c1-6-9(7(2)3)8(4)5;/h6-8H,1-5H3;/q-1;. The molecule has 0 saturated heterocycles. The Morgan fingerprint density at radius 2 is 1.30 bits per heavy atom. The van der Waals surface area contributed by atoms with E-state index in [9.17, 15) is 0 Å². The molecular weight excluding hydrogens is 249 g/mol. The molecule has 0 amide bonds. The van der Waals surface area contributed by atoms with Gasteiger partial charge in [0.15, 0.2) is 0 Å². The maximum Gasteiger partial charge on any atom is 0 e. The van der Waals surface area contributed by atoms with Gasteiger partial charge < -0.3 is 4.90 Å². The summed E-state index contributed by atoms with van der Waals surface area (Å²) in [6.07, 6.45) is 0. The molecule has 0 spiro atoms. The Balaban J connectivity index is 0. The second kappa shape index (κ2) is 6.84. The van der Waals surface area contributed by atoms with Crippen molar-refractivity contribution in [1.82, 2.24) is 4.90 Å². The van der Waals surface area contributed by atoms with Gasteiger partial charge in [-0.2, -0.15) is 6.92 Å². The first-order chi connectivity index (χ1) is 4.09. The Morgan fingerprint density at radius 1 is 1.00 bits per heavy atom. The van der Waals surface area contributed by atoms with E-state index in [1.165, 1.54) is 0 Å². The van der Waals surface area contributed by atoms with E-state index in [0.717, 1.165) is 0 Å². The molecule has 10 heavy (non-hydrogen) atoms. The summed E-state index contributed by atoms with van der Waals surface area (Å²) in [7, 11) is 0. The van der Waals surface area contributed by atoms with Crippen molar-refractivity contribution < 1.29 is 35.6 Å². The first-order valence-electron chi connectivity index (χ1n) is 3.66. The average Bonchev–Trinajstić information content (AvgIpc) is 1.64. The fourth-order valence-electron chi connectivity index (χ4n) is 1.19. The minimum absolute atomic E-state index is 0. The third-order valence-electron chi connectivity index (χ3n) is 1.49. The van der Waals surface area contributed by atoms with Crippen LogP contribution in [0.1, 0.15) is 34.6 Å². The van der Waals surface area contributed by atoms with Crippen molar-refractivity contribution >= 4 is 0 Å². The van der Waals surface area contributed by atoms with E-state index in [4.69, 9.17) is 0 Å². The van der Waals surface area contributed by atoms with Gasteiger partial charge in [0.2, 0.25) is 0 Å². The first-order valence-corrected chi connectivity index (χ1v) is 3.66. The molecule has 0 aliphatic carbocycles. The molecule has 1 nitrogen and oxygen atoms in total. The summed E-state index contributed by atoms with van der Waals surface area (Å²) in [5.41, 5.74) is 0. The van der Waals surface area contributed by atoms with Crippen molar-refractivity contribution in [2.24, 2.45) is 0 Å². The Kier molecular flexibility index (Phi) is 9.39. The average molecular weight is 267 g/mol. The largest absolute Gasteiger partial charge is 0.452 e. The van der Waals surface area contributed by atoms with Crippen LogP contribution in [0.4, 0.5) is 0 Å². The van der Waals surface area contributed by atoms with Crippen molar-refractivity contribution in [2.75, 3.05) is 0 Å². The fraction of sp³-hybridized carbons (Fsp3) is 0.875. The number of hydrogen-bond acceptors (Lipinski definition) is 1. The molecule has 0 aliphatic rings. The Labute approximate surface area is 93.2 Å². The van der Waals surface area contributed by atoms with E-state index in [2.05, 4.69) is 46.1 Å². The van der Waals surface area contributed by atoms with Gasteiger partial charge in [0.1, 0.15) is 0 Å². The number of hydrogen-bond donors (Lipinski definition) is 0. The molecule has 2 heteroatoms. The summed E-state index contributed by atoms with van der Waals surface area (Å²) in [4.78, 5) is 2.33. The van der Waals surface area contributed by atoms with Crippen LogP contribution in [0.2, 0.25) is 0 Å². The summed E-state index contributed by atoms with van der Waals surface area (Å²) in [6, 6.07) is 1.27. The van der Waals surface area contributed by atoms with Gasteiger partial charge in [0.05, 0.1) is 0 Å². The maximum atomic E-state index is 2.33. The predicted octanol–water partition coefficient (Wildman–Crippen LogP) is 2.29. The molecule has 0 fully saturated rings. The molecule has 0 aromatic heterocycles. The normalized spacial score (nSPS) is 10.8. The third kappa shape index (κ3) is 4.89. The molecule has 0 bridgehead atoms. The molecule has 0 saturated carbocycles. The van der Waals surface area contributed by atoms with Gasteiger partial charge >= 0.3 is 0 Å². The second-order valence-electron chi connectivity index (χ2n) is 2.89. The topological polar surface area (TPSA) is 3.24 Å². The minimum atomic E-state index is 0. The van der Waals surface area contributed by atoms with Gasteiger partial charge in [-0.1, -0.05) is 27.7 Å². The number of nitrogens with zero attached hydrogens (tertiary/aromatic N) is 1. The predicted molar refractivity (Wildman–Crippen MR) is 42.1 cm³/mol. The zero-order valence-corrected chi connectivity index (χ0v) is 11.4. The molecule has 0 aromatic rings. The minimum Gasteiger partial charge on any atom is -0.452 e. The van der Waals surface area contributed by atoms with E-state index < -0.39 is 0 Å². The van der Waals surface area contributed by atoms with Gasteiger partial charge in [0, 0.05) is 35.6 Å². The van der Waals surface area contributed by atoms with Crippen LogP contribution in [-0.4, -0.2) is 17.0 Å². The van der Waals surface area contributed by atoms with Crippen molar-refractivity contribution in [3.8, 4) is 0 Å². The molecule has 0 unspecified atom stereocenters. The monoisotopic (exact) mass is 267 g/mol. The summed E-state index contributed by atoms with van der Waals surface area (Å²) in [6.45, 7) is 13.1. The van der Waals surface area contributed by atoms with Crippen molar-refractivity contribution in [3.63, 3.8) is 0 Å². The zero-order chi connectivity index (χ0) is 7.44. The smallest absolute Gasteiger partial charge is 0 e. The fourth-order valence-corrected chi connectivity index (χ4v) is 1.19. The van der Waals surface area contributed by atoms with Gasteiger partial charge in [-0.05, 0) is 12.1 Å². The van der Waals surface area contributed by atoms with E-state index in [1.807, 2.05) is 0 Å². The van der Waals surface area contributed by atoms with E-state index in [-0.39, 0.29) is 35.6 Å². The molecule has 0 N–H and O–H groups in total. The SMILES string of the molecule is C[CH-]N(C(C)C)C(C)C.[La]. The van der Waals surface area contributed by atoms with Gasteiger partial charge in [-0.25, -0.2) is 0 Å². The molecule has 0 aromatic carbocycles. The van der Waals surface area contributed by atoms with Crippen LogP contribution in [0.3, 0.4) is 0 Å². The van der Waals surface area contributed by atoms with Gasteiger partial charge in [-0.3, -0.25) is 6.54 Å². The molecule has 0 aliphatic heterocycles. The van der Waals surface area contributed by atoms with E-state index >= 15 is 0 Å². The van der Waals surface area contributed by atoms with Crippen LogP contribution in [0.15, 0.2) is 0 Å². The van der Waals surface area contributed by atoms with Crippen LogP contribution in [0.5, 0.6) is 0 Å². The molecule has 59 valence electrons. The molecule has 0 atom stereocenters. The van der Waals surface area contributed by atoms with Crippen LogP contribution < -0.4 is 0 Å². The zero-order valence-electron chi connectivity index (χ0n) is 7.76. The van der Waals surface area contributed by atoms with Gasteiger partial charge in [0.25, 0.3) is 0 Å². The maximum absolute atomic E-state index is 2.33. The van der Waals surface area contributed by atoms with Crippen LogP contribution in [0, 0.1) is 42.1 Å². The number of rotatable bonds is 3.